The number of thiophene rings is 1. The molecule has 0 fully saturated rings. The van der Waals surface area contributed by atoms with Crippen LogP contribution in [0, 0.1) is 0 Å². The van der Waals surface area contributed by atoms with Gasteiger partial charge in [-0.15, -0.1) is 11.3 Å². The molecule has 0 spiro atoms. The predicted molar refractivity (Wildman–Crippen MR) is 81.7 cm³/mol. The second-order valence-electron chi connectivity index (χ2n) is 4.75. The van der Waals surface area contributed by atoms with Crippen molar-refractivity contribution >= 4 is 23.2 Å². The molecule has 0 radical (unpaired) electrons. The molecule has 1 amide bonds. The van der Waals surface area contributed by atoms with Crippen LogP contribution < -0.4 is 5.32 Å². The number of aromatic nitrogens is 1. The SMILES string of the molecule is CCCC(NC(=O)c1cccn1Cc1cccs1)C(=O)O. The van der Waals surface area contributed by atoms with E-state index in [2.05, 4.69) is 5.32 Å². The normalized spacial score (nSPS) is 12.0. The van der Waals surface area contributed by atoms with Gasteiger partial charge in [-0.3, -0.25) is 4.79 Å². The summed E-state index contributed by atoms with van der Waals surface area (Å²) in [6.07, 6.45) is 2.95. The van der Waals surface area contributed by atoms with Gasteiger partial charge in [-0.2, -0.15) is 0 Å². The Kier molecular flexibility index (Phi) is 5.16. The van der Waals surface area contributed by atoms with Gasteiger partial charge in [-0.05, 0) is 30.0 Å². The van der Waals surface area contributed by atoms with Gasteiger partial charge in [0.2, 0.25) is 0 Å². The van der Waals surface area contributed by atoms with Gasteiger partial charge in [0.15, 0.2) is 0 Å². The summed E-state index contributed by atoms with van der Waals surface area (Å²) >= 11 is 1.62. The highest BCUT2D eigenvalue weighted by Gasteiger charge is 2.21. The van der Waals surface area contributed by atoms with Crippen LogP contribution >= 0.6 is 11.3 Å². The molecule has 0 aliphatic heterocycles. The number of carbonyl (C=O) groups excluding carboxylic acids is 1. The monoisotopic (exact) mass is 306 g/mol. The van der Waals surface area contributed by atoms with Crippen LogP contribution in [0.3, 0.4) is 0 Å². The Hall–Kier alpha value is -2.08. The summed E-state index contributed by atoms with van der Waals surface area (Å²) in [6, 6.07) is 6.62. The first-order valence-electron chi connectivity index (χ1n) is 6.83. The third-order valence-corrected chi connectivity index (χ3v) is 4.01. The van der Waals surface area contributed by atoms with Crippen LogP contribution in [0.2, 0.25) is 0 Å². The summed E-state index contributed by atoms with van der Waals surface area (Å²) in [5.41, 5.74) is 0.478. The van der Waals surface area contributed by atoms with Gasteiger partial charge in [-0.1, -0.05) is 19.4 Å². The molecule has 6 heteroatoms. The van der Waals surface area contributed by atoms with Crippen molar-refractivity contribution in [3.8, 4) is 0 Å². The lowest BCUT2D eigenvalue weighted by molar-refractivity contribution is -0.139. The van der Waals surface area contributed by atoms with Crippen LogP contribution in [0.25, 0.3) is 0 Å². The Labute approximate surface area is 127 Å². The number of nitrogens with one attached hydrogen (secondary N) is 1. The van der Waals surface area contributed by atoms with Gasteiger partial charge in [0.05, 0.1) is 6.54 Å². The van der Waals surface area contributed by atoms with Crippen LogP contribution in [-0.4, -0.2) is 27.6 Å². The lowest BCUT2D eigenvalue weighted by atomic mass is 10.1. The van der Waals surface area contributed by atoms with E-state index in [1.807, 2.05) is 35.2 Å². The molecule has 112 valence electrons. The van der Waals surface area contributed by atoms with Gasteiger partial charge >= 0.3 is 5.97 Å². The molecule has 2 heterocycles. The molecule has 1 atom stereocenters. The molecule has 5 nitrogen and oxygen atoms in total. The summed E-state index contributed by atoms with van der Waals surface area (Å²) in [5.74, 6) is -1.35. The smallest absolute Gasteiger partial charge is 0.326 e. The summed E-state index contributed by atoms with van der Waals surface area (Å²) in [5, 5.41) is 13.7. The minimum atomic E-state index is -0.999. The number of amides is 1. The van der Waals surface area contributed by atoms with Crippen LogP contribution in [0.15, 0.2) is 35.8 Å². The number of hydrogen-bond donors (Lipinski definition) is 2. The summed E-state index contributed by atoms with van der Waals surface area (Å²) in [4.78, 5) is 24.5. The second kappa shape index (κ2) is 7.08. The first-order valence-corrected chi connectivity index (χ1v) is 7.71. The molecule has 2 N–H and O–H groups in total. The van der Waals surface area contributed by atoms with Crippen molar-refractivity contribution in [3.05, 3.63) is 46.4 Å². The molecule has 0 saturated carbocycles. The lowest BCUT2D eigenvalue weighted by Gasteiger charge is -2.14. The maximum atomic E-state index is 12.3. The Morgan fingerprint density at radius 3 is 2.81 bits per heavy atom. The molecule has 0 aliphatic rings. The first kappa shape index (κ1) is 15.3. The lowest BCUT2D eigenvalue weighted by Crippen LogP contribution is -2.41. The average molecular weight is 306 g/mol. The molecule has 1 unspecified atom stereocenters. The Bertz CT molecular complexity index is 604. The summed E-state index contributed by atoms with van der Waals surface area (Å²) in [7, 11) is 0. The predicted octanol–water partition coefficient (Wildman–Crippen LogP) is 2.58. The fourth-order valence-electron chi connectivity index (χ4n) is 2.11. The number of hydrogen-bond acceptors (Lipinski definition) is 3. The number of rotatable bonds is 7. The Morgan fingerprint density at radius 2 is 2.19 bits per heavy atom. The fraction of sp³-hybridized carbons (Fsp3) is 0.333. The van der Waals surface area contributed by atoms with E-state index in [0.29, 0.717) is 25.1 Å². The van der Waals surface area contributed by atoms with Gasteiger partial charge in [0, 0.05) is 11.1 Å². The van der Waals surface area contributed by atoms with Crippen molar-refractivity contribution < 1.29 is 14.7 Å². The third-order valence-electron chi connectivity index (χ3n) is 3.15. The highest BCUT2D eigenvalue weighted by Crippen LogP contribution is 2.13. The van der Waals surface area contributed by atoms with E-state index < -0.39 is 12.0 Å². The van der Waals surface area contributed by atoms with E-state index in [9.17, 15) is 9.59 Å². The van der Waals surface area contributed by atoms with E-state index in [-0.39, 0.29) is 5.91 Å². The van der Waals surface area contributed by atoms with Crippen molar-refractivity contribution in [2.24, 2.45) is 0 Å². The van der Waals surface area contributed by atoms with Crippen LogP contribution in [0.1, 0.15) is 35.1 Å². The van der Waals surface area contributed by atoms with Crippen LogP contribution in [-0.2, 0) is 11.3 Å². The minimum Gasteiger partial charge on any atom is -0.480 e. The number of carboxylic acids is 1. The molecule has 2 rings (SSSR count). The van der Waals surface area contributed by atoms with Gasteiger partial charge in [0.1, 0.15) is 11.7 Å². The van der Waals surface area contributed by atoms with E-state index in [4.69, 9.17) is 5.11 Å². The molecular weight excluding hydrogens is 288 g/mol. The largest absolute Gasteiger partial charge is 0.480 e. The van der Waals surface area contributed by atoms with Crippen molar-refractivity contribution in [1.29, 1.82) is 0 Å². The van der Waals surface area contributed by atoms with Crippen molar-refractivity contribution in [1.82, 2.24) is 9.88 Å². The van der Waals surface area contributed by atoms with Crippen molar-refractivity contribution in [3.63, 3.8) is 0 Å². The maximum Gasteiger partial charge on any atom is 0.326 e. The fourth-order valence-corrected chi connectivity index (χ4v) is 2.81. The maximum absolute atomic E-state index is 12.3. The van der Waals surface area contributed by atoms with Crippen molar-refractivity contribution in [2.75, 3.05) is 0 Å². The van der Waals surface area contributed by atoms with Crippen LogP contribution in [0.4, 0.5) is 0 Å². The van der Waals surface area contributed by atoms with E-state index in [1.54, 1.807) is 23.5 Å². The zero-order chi connectivity index (χ0) is 15.2. The molecule has 0 saturated heterocycles. The summed E-state index contributed by atoms with van der Waals surface area (Å²) in [6.45, 7) is 2.50. The summed E-state index contributed by atoms with van der Waals surface area (Å²) < 4.78 is 1.83. The molecular formula is C15H18N2O3S. The van der Waals surface area contributed by atoms with E-state index >= 15 is 0 Å². The van der Waals surface area contributed by atoms with Gasteiger partial charge < -0.3 is 15.0 Å². The quantitative estimate of drug-likeness (QED) is 0.826. The second-order valence-corrected chi connectivity index (χ2v) is 5.79. The molecule has 0 bridgehead atoms. The molecule has 0 aromatic carbocycles. The molecule has 21 heavy (non-hydrogen) atoms. The van der Waals surface area contributed by atoms with E-state index in [1.165, 1.54) is 0 Å². The standard InChI is InChI=1S/C15H18N2O3S/c1-2-5-12(15(19)20)16-14(18)13-7-3-8-17(13)10-11-6-4-9-21-11/h3-4,6-9,12H,2,5,10H2,1H3,(H,16,18)(H,19,20). The highest BCUT2D eigenvalue weighted by atomic mass is 32.1. The van der Waals surface area contributed by atoms with Gasteiger partial charge in [-0.25, -0.2) is 4.79 Å². The average Bonchev–Trinajstić information content (AvgIpc) is 3.10. The number of nitrogens with zero attached hydrogens (tertiary/aromatic N) is 1. The van der Waals surface area contributed by atoms with E-state index in [0.717, 1.165) is 4.88 Å². The first-order chi connectivity index (χ1) is 10.1. The highest BCUT2D eigenvalue weighted by molar-refractivity contribution is 7.09. The number of carbonyl (C=O) groups is 2. The third kappa shape index (κ3) is 3.95. The zero-order valence-corrected chi connectivity index (χ0v) is 12.6. The minimum absolute atomic E-state index is 0.350. The molecule has 2 aromatic heterocycles. The zero-order valence-electron chi connectivity index (χ0n) is 11.8. The number of carboxylic acid groups (broad SMARTS) is 1. The Morgan fingerprint density at radius 1 is 1.38 bits per heavy atom. The molecule has 2 aromatic rings. The number of aliphatic carboxylic acids is 1. The molecule has 0 aliphatic carbocycles. The van der Waals surface area contributed by atoms with Gasteiger partial charge in [0.25, 0.3) is 5.91 Å². The van der Waals surface area contributed by atoms with Crippen LogP contribution in [0.5, 0.6) is 0 Å². The van der Waals surface area contributed by atoms with Crippen molar-refractivity contribution in [2.45, 2.75) is 32.4 Å². The topological polar surface area (TPSA) is 71.3 Å². The Balaban J connectivity index is 2.09.